The number of ether oxygens (including phenoxy) is 2. The van der Waals surface area contributed by atoms with Crippen LogP contribution in [0, 0.1) is 5.92 Å². The predicted octanol–water partition coefficient (Wildman–Crippen LogP) is 3.95. The molecule has 0 fully saturated rings. The number of amides is 1. The van der Waals surface area contributed by atoms with Crippen LogP contribution in [-0.2, 0) is 28.9 Å². The molecule has 1 aliphatic carbocycles. The van der Waals surface area contributed by atoms with E-state index in [9.17, 15) is 9.59 Å². The van der Waals surface area contributed by atoms with Crippen molar-refractivity contribution in [2.45, 2.75) is 45.4 Å². The van der Waals surface area contributed by atoms with E-state index < -0.39 is 0 Å². The van der Waals surface area contributed by atoms with E-state index in [2.05, 4.69) is 16.7 Å². The van der Waals surface area contributed by atoms with Gasteiger partial charge in [0.05, 0.1) is 14.2 Å². The van der Waals surface area contributed by atoms with Crippen LogP contribution in [-0.4, -0.2) is 39.0 Å². The van der Waals surface area contributed by atoms with Crippen LogP contribution in [0.2, 0.25) is 0 Å². The van der Waals surface area contributed by atoms with E-state index in [1.807, 2.05) is 30.3 Å². The highest BCUT2D eigenvalue weighted by Gasteiger charge is 2.25. The van der Waals surface area contributed by atoms with Crippen molar-refractivity contribution >= 4 is 17.4 Å². The molecular formula is C26H34N2O4. The molecule has 0 radical (unpaired) electrons. The molecular weight excluding hydrogens is 404 g/mol. The van der Waals surface area contributed by atoms with E-state index in [1.54, 1.807) is 14.2 Å². The van der Waals surface area contributed by atoms with Crippen LogP contribution in [0.4, 0.5) is 5.69 Å². The normalized spacial score (nSPS) is 15.6. The molecule has 0 saturated heterocycles. The van der Waals surface area contributed by atoms with Crippen molar-refractivity contribution in [2.75, 3.05) is 32.6 Å². The third kappa shape index (κ3) is 6.57. The molecule has 0 saturated carbocycles. The zero-order valence-electron chi connectivity index (χ0n) is 19.3. The monoisotopic (exact) mass is 438 g/mol. The highest BCUT2D eigenvalue weighted by molar-refractivity contribution is 5.88. The minimum Gasteiger partial charge on any atom is -0.493 e. The summed E-state index contributed by atoms with van der Waals surface area (Å²) in [5, 5.41) is 6.30. The lowest BCUT2D eigenvalue weighted by Gasteiger charge is -2.13. The zero-order chi connectivity index (χ0) is 22.9. The Hall–Kier alpha value is -2.86. The van der Waals surface area contributed by atoms with Crippen LogP contribution in [0.3, 0.4) is 0 Å². The maximum atomic E-state index is 12.8. The Labute approximate surface area is 190 Å². The first-order chi connectivity index (χ1) is 15.5. The van der Waals surface area contributed by atoms with E-state index in [4.69, 9.17) is 9.47 Å². The van der Waals surface area contributed by atoms with Crippen LogP contribution < -0.4 is 20.1 Å². The number of fused-ring (bicyclic) bond motifs is 1. The summed E-state index contributed by atoms with van der Waals surface area (Å²) < 4.78 is 10.8. The number of hydrogen-bond donors (Lipinski definition) is 2. The van der Waals surface area contributed by atoms with Crippen molar-refractivity contribution in [2.24, 2.45) is 5.92 Å². The first kappa shape index (κ1) is 23.8. The second-order valence-corrected chi connectivity index (χ2v) is 8.38. The van der Waals surface area contributed by atoms with Crippen molar-refractivity contribution in [3.05, 3.63) is 53.1 Å². The van der Waals surface area contributed by atoms with Crippen molar-refractivity contribution in [3.63, 3.8) is 0 Å². The second-order valence-electron chi connectivity index (χ2n) is 8.38. The number of benzene rings is 2. The predicted molar refractivity (Wildman–Crippen MR) is 127 cm³/mol. The number of carbonyl (C=O) groups is 2. The maximum absolute atomic E-state index is 12.8. The molecule has 32 heavy (non-hydrogen) atoms. The summed E-state index contributed by atoms with van der Waals surface area (Å²) in [6.07, 6.45) is 5.03. The number of ketones is 1. The first-order valence-electron chi connectivity index (χ1n) is 11.3. The molecule has 1 aliphatic rings. The molecule has 3 rings (SSSR count). The Kier molecular flexibility index (Phi) is 8.68. The first-order valence-corrected chi connectivity index (χ1v) is 11.3. The number of nitrogens with one attached hydrogen (secondary N) is 2. The Balaban J connectivity index is 1.42. The fourth-order valence-electron chi connectivity index (χ4n) is 4.33. The highest BCUT2D eigenvalue weighted by Crippen LogP contribution is 2.34. The summed E-state index contributed by atoms with van der Waals surface area (Å²) in [6, 6.07) is 11.9. The number of anilines is 1. The second kappa shape index (κ2) is 11.7. The molecule has 6 heteroatoms. The van der Waals surface area contributed by atoms with E-state index in [-0.39, 0.29) is 11.8 Å². The van der Waals surface area contributed by atoms with Gasteiger partial charge in [-0.2, -0.15) is 0 Å². The molecule has 6 nitrogen and oxygen atoms in total. The smallest absolute Gasteiger partial charge is 0.221 e. The van der Waals surface area contributed by atoms with Gasteiger partial charge in [0.2, 0.25) is 5.91 Å². The summed E-state index contributed by atoms with van der Waals surface area (Å²) in [7, 11) is 3.26. The lowest BCUT2D eigenvalue weighted by molar-refractivity contribution is -0.122. The van der Waals surface area contributed by atoms with Crippen LogP contribution >= 0.6 is 0 Å². The van der Waals surface area contributed by atoms with Gasteiger partial charge >= 0.3 is 0 Å². The van der Waals surface area contributed by atoms with Crippen molar-refractivity contribution in [3.8, 4) is 11.5 Å². The van der Waals surface area contributed by atoms with E-state index >= 15 is 0 Å². The molecule has 1 unspecified atom stereocenters. The Morgan fingerprint density at radius 3 is 2.53 bits per heavy atom. The van der Waals surface area contributed by atoms with Crippen molar-refractivity contribution in [1.82, 2.24) is 5.32 Å². The van der Waals surface area contributed by atoms with Gasteiger partial charge in [-0.1, -0.05) is 12.1 Å². The largest absolute Gasteiger partial charge is 0.493 e. The van der Waals surface area contributed by atoms with Gasteiger partial charge in [0.15, 0.2) is 11.5 Å². The molecule has 172 valence electrons. The molecule has 2 aromatic carbocycles. The Bertz CT molecular complexity index is 941. The molecule has 0 aromatic heterocycles. The lowest BCUT2D eigenvalue weighted by atomic mass is 9.93. The topological polar surface area (TPSA) is 76.7 Å². The van der Waals surface area contributed by atoms with Gasteiger partial charge in [-0.3, -0.25) is 9.59 Å². The molecule has 0 spiro atoms. The summed E-state index contributed by atoms with van der Waals surface area (Å²) in [5.74, 6) is 1.78. The minimum absolute atomic E-state index is 0.0605. The SMILES string of the molecule is COc1cc2c(cc1OC)CC(=O)C(CCCNCCc1cccc(NC(C)=O)c1)CC2. The minimum atomic E-state index is -0.0605. The molecule has 1 atom stereocenters. The number of Topliss-reactive ketones (excluding diaryl/α,β-unsaturated/α-hetero) is 1. The van der Waals surface area contributed by atoms with Gasteiger partial charge < -0.3 is 20.1 Å². The summed E-state index contributed by atoms with van der Waals surface area (Å²) in [6.45, 7) is 3.27. The Morgan fingerprint density at radius 1 is 1.06 bits per heavy atom. The molecule has 0 heterocycles. The van der Waals surface area contributed by atoms with E-state index in [1.165, 1.54) is 18.1 Å². The molecule has 2 N–H and O–H groups in total. The van der Waals surface area contributed by atoms with Gasteiger partial charge in [-0.25, -0.2) is 0 Å². The highest BCUT2D eigenvalue weighted by atomic mass is 16.5. The quantitative estimate of drug-likeness (QED) is 0.434. The van der Waals surface area contributed by atoms with Crippen molar-refractivity contribution < 1.29 is 19.1 Å². The summed E-state index contributed by atoms with van der Waals surface area (Å²) in [4.78, 5) is 24.0. The number of methoxy groups -OCH3 is 2. The zero-order valence-corrected chi connectivity index (χ0v) is 19.3. The summed E-state index contributed by atoms with van der Waals surface area (Å²) >= 11 is 0. The average Bonchev–Trinajstić information content (AvgIpc) is 2.92. The standard InChI is InChI=1S/C26H34N2O4/c1-18(29)28-23-8-4-6-19(14-23)11-13-27-12-5-7-20-9-10-21-16-25(31-2)26(32-3)17-22(21)15-24(20)30/h4,6,8,14,16-17,20,27H,5,7,9-13,15H2,1-3H3,(H,28,29). The van der Waals surface area contributed by atoms with Crippen LogP contribution in [0.15, 0.2) is 36.4 Å². The lowest BCUT2D eigenvalue weighted by Crippen LogP contribution is -2.21. The fraction of sp³-hybridized carbons (Fsp3) is 0.462. The third-order valence-corrected chi connectivity index (χ3v) is 6.03. The number of carbonyl (C=O) groups excluding carboxylic acids is 2. The third-order valence-electron chi connectivity index (χ3n) is 6.03. The van der Waals surface area contributed by atoms with Gasteiger partial charge in [0, 0.05) is 24.9 Å². The molecule has 2 aromatic rings. The fourth-order valence-corrected chi connectivity index (χ4v) is 4.33. The van der Waals surface area contributed by atoms with Gasteiger partial charge in [0.25, 0.3) is 0 Å². The van der Waals surface area contributed by atoms with Gasteiger partial charge in [0.1, 0.15) is 5.78 Å². The van der Waals surface area contributed by atoms with E-state index in [0.29, 0.717) is 18.0 Å². The van der Waals surface area contributed by atoms with Crippen LogP contribution in [0.5, 0.6) is 11.5 Å². The number of aryl methyl sites for hydroxylation is 1. The van der Waals surface area contributed by atoms with Gasteiger partial charge in [-0.15, -0.1) is 0 Å². The number of rotatable bonds is 10. The van der Waals surface area contributed by atoms with E-state index in [0.717, 1.165) is 62.2 Å². The van der Waals surface area contributed by atoms with Crippen LogP contribution in [0.1, 0.15) is 42.9 Å². The van der Waals surface area contributed by atoms with Crippen LogP contribution in [0.25, 0.3) is 0 Å². The summed E-state index contributed by atoms with van der Waals surface area (Å²) in [5.41, 5.74) is 4.28. The van der Waals surface area contributed by atoms with Crippen molar-refractivity contribution in [1.29, 1.82) is 0 Å². The molecule has 0 bridgehead atoms. The molecule has 0 aliphatic heterocycles. The Morgan fingerprint density at radius 2 is 1.81 bits per heavy atom. The average molecular weight is 439 g/mol. The number of hydrogen-bond acceptors (Lipinski definition) is 5. The molecule has 1 amide bonds. The van der Waals surface area contributed by atoms with Gasteiger partial charge in [-0.05, 0) is 86.1 Å². The maximum Gasteiger partial charge on any atom is 0.221 e.